The van der Waals surface area contributed by atoms with E-state index in [-0.39, 0.29) is 5.82 Å². The Kier molecular flexibility index (Phi) is 2.64. The Hall–Kier alpha value is -1.48. The van der Waals surface area contributed by atoms with E-state index in [9.17, 15) is 4.39 Å². The van der Waals surface area contributed by atoms with Crippen molar-refractivity contribution in [3.05, 3.63) is 47.1 Å². The quantitative estimate of drug-likeness (QED) is 0.740. The van der Waals surface area contributed by atoms with Crippen LogP contribution in [0.1, 0.15) is 5.69 Å². The molecule has 0 aliphatic heterocycles. The van der Waals surface area contributed by atoms with Crippen LogP contribution >= 0.6 is 11.6 Å². The number of hydrogen-bond donors (Lipinski definition) is 0. The molecule has 1 aromatic carbocycles. The van der Waals surface area contributed by atoms with E-state index in [2.05, 4.69) is 9.97 Å². The van der Waals surface area contributed by atoms with Crippen LogP contribution in [0.3, 0.4) is 0 Å². The smallest absolute Gasteiger partial charge is 0.124 e. The van der Waals surface area contributed by atoms with Gasteiger partial charge in [-0.05, 0) is 25.1 Å². The second-order valence-electron chi connectivity index (χ2n) is 3.17. The molecule has 0 saturated heterocycles. The first-order valence-electron chi connectivity index (χ1n) is 4.41. The predicted octanol–water partition coefficient (Wildman–Crippen LogP) is 3.24. The van der Waals surface area contributed by atoms with Crippen molar-refractivity contribution >= 4 is 11.6 Å². The normalized spacial score (nSPS) is 10.3. The molecule has 1 aromatic heterocycles. The maximum atomic E-state index is 12.8. The summed E-state index contributed by atoms with van der Waals surface area (Å²) >= 11 is 5.90. The first kappa shape index (κ1) is 10.1. The zero-order valence-corrected chi connectivity index (χ0v) is 8.79. The maximum absolute atomic E-state index is 12.8. The standard InChI is InChI=1S/C11H8ClFN2/c1-7-5-15-11(6-14-7)9-3-2-8(13)4-10(9)12/h2-6H,1H3. The monoisotopic (exact) mass is 222 g/mol. The summed E-state index contributed by atoms with van der Waals surface area (Å²) in [5.74, 6) is -0.358. The summed E-state index contributed by atoms with van der Waals surface area (Å²) in [6.07, 6.45) is 3.27. The molecule has 0 atom stereocenters. The molecule has 0 saturated carbocycles. The van der Waals surface area contributed by atoms with Crippen LogP contribution in [0.4, 0.5) is 4.39 Å². The largest absolute Gasteiger partial charge is 0.258 e. The number of hydrogen-bond acceptors (Lipinski definition) is 2. The Balaban J connectivity index is 2.49. The minimum atomic E-state index is -0.358. The molecule has 4 heteroatoms. The zero-order chi connectivity index (χ0) is 10.8. The van der Waals surface area contributed by atoms with Gasteiger partial charge >= 0.3 is 0 Å². The van der Waals surface area contributed by atoms with Crippen LogP contribution in [-0.2, 0) is 0 Å². The second-order valence-corrected chi connectivity index (χ2v) is 3.57. The van der Waals surface area contributed by atoms with Gasteiger partial charge in [0.25, 0.3) is 0 Å². The van der Waals surface area contributed by atoms with E-state index < -0.39 is 0 Å². The molecule has 2 rings (SSSR count). The highest BCUT2D eigenvalue weighted by Crippen LogP contribution is 2.26. The van der Waals surface area contributed by atoms with Crippen LogP contribution in [0.25, 0.3) is 11.3 Å². The molecule has 0 aliphatic rings. The van der Waals surface area contributed by atoms with Crippen molar-refractivity contribution in [2.45, 2.75) is 6.92 Å². The Morgan fingerprint density at radius 1 is 1.20 bits per heavy atom. The first-order valence-corrected chi connectivity index (χ1v) is 4.78. The summed E-state index contributed by atoms with van der Waals surface area (Å²) in [6.45, 7) is 1.85. The third-order valence-corrected chi connectivity index (χ3v) is 2.30. The summed E-state index contributed by atoms with van der Waals surface area (Å²) in [4.78, 5) is 8.27. The lowest BCUT2D eigenvalue weighted by molar-refractivity contribution is 0.628. The highest BCUT2D eigenvalue weighted by molar-refractivity contribution is 6.33. The van der Waals surface area contributed by atoms with Crippen LogP contribution < -0.4 is 0 Å². The summed E-state index contributed by atoms with van der Waals surface area (Å²) in [7, 11) is 0. The van der Waals surface area contributed by atoms with Crippen LogP contribution in [0.15, 0.2) is 30.6 Å². The van der Waals surface area contributed by atoms with Gasteiger partial charge in [0.2, 0.25) is 0 Å². The zero-order valence-electron chi connectivity index (χ0n) is 8.04. The third-order valence-electron chi connectivity index (χ3n) is 1.99. The summed E-state index contributed by atoms with van der Waals surface area (Å²) in [5.41, 5.74) is 2.16. The second kappa shape index (κ2) is 3.95. The van der Waals surface area contributed by atoms with Crippen LogP contribution in [0.2, 0.25) is 5.02 Å². The molecule has 0 spiro atoms. The molecule has 0 radical (unpaired) electrons. The average molecular weight is 223 g/mol. The molecule has 0 N–H and O–H groups in total. The lowest BCUT2D eigenvalue weighted by Gasteiger charge is -2.03. The van der Waals surface area contributed by atoms with Crippen molar-refractivity contribution in [2.24, 2.45) is 0 Å². The molecular weight excluding hydrogens is 215 g/mol. The van der Waals surface area contributed by atoms with Crippen LogP contribution in [-0.4, -0.2) is 9.97 Å². The molecule has 15 heavy (non-hydrogen) atoms. The average Bonchev–Trinajstić information content (AvgIpc) is 2.20. The van der Waals surface area contributed by atoms with Gasteiger partial charge in [-0.1, -0.05) is 11.6 Å². The van der Waals surface area contributed by atoms with E-state index in [1.54, 1.807) is 18.5 Å². The fourth-order valence-corrected chi connectivity index (χ4v) is 1.49. The minimum Gasteiger partial charge on any atom is -0.258 e. The molecule has 0 unspecified atom stereocenters. The Bertz CT molecular complexity index is 482. The molecule has 76 valence electrons. The number of rotatable bonds is 1. The van der Waals surface area contributed by atoms with Crippen molar-refractivity contribution in [1.82, 2.24) is 9.97 Å². The van der Waals surface area contributed by atoms with E-state index in [1.807, 2.05) is 6.92 Å². The fourth-order valence-electron chi connectivity index (χ4n) is 1.23. The van der Waals surface area contributed by atoms with Crippen molar-refractivity contribution in [2.75, 3.05) is 0 Å². The SMILES string of the molecule is Cc1cnc(-c2ccc(F)cc2Cl)cn1. The molecule has 0 amide bonds. The number of aromatic nitrogens is 2. The lowest BCUT2D eigenvalue weighted by Crippen LogP contribution is -1.89. The summed E-state index contributed by atoms with van der Waals surface area (Å²) in [5, 5.41) is 0.341. The lowest BCUT2D eigenvalue weighted by atomic mass is 10.1. The molecule has 2 aromatic rings. The Labute approximate surface area is 91.8 Å². The van der Waals surface area contributed by atoms with Crippen LogP contribution in [0, 0.1) is 12.7 Å². The van der Waals surface area contributed by atoms with Crippen molar-refractivity contribution < 1.29 is 4.39 Å². The summed E-state index contributed by atoms with van der Waals surface area (Å²) in [6, 6.07) is 4.21. The Morgan fingerprint density at radius 2 is 2.00 bits per heavy atom. The van der Waals surface area contributed by atoms with Crippen molar-refractivity contribution in [1.29, 1.82) is 0 Å². The van der Waals surface area contributed by atoms with Gasteiger partial charge in [-0.3, -0.25) is 9.97 Å². The van der Waals surface area contributed by atoms with Gasteiger partial charge in [0, 0.05) is 11.8 Å². The summed E-state index contributed by atoms with van der Waals surface area (Å²) < 4.78 is 12.8. The highest BCUT2D eigenvalue weighted by atomic mass is 35.5. The minimum absolute atomic E-state index is 0.341. The molecule has 0 bridgehead atoms. The van der Waals surface area contributed by atoms with Gasteiger partial charge < -0.3 is 0 Å². The number of nitrogens with zero attached hydrogens (tertiary/aromatic N) is 2. The van der Waals surface area contributed by atoms with Gasteiger partial charge in [-0.25, -0.2) is 4.39 Å². The number of aryl methyl sites for hydroxylation is 1. The van der Waals surface area contributed by atoms with Gasteiger partial charge in [-0.15, -0.1) is 0 Å². The number of halogens is 2. The molecule has 1 heterocycles. The fraction of sp³-hybridized carbons (Fsp3) is 0.0909. The highest BCUT2D eigenvalue weighted by Gasteiger charge is 2.05. The van der Waals surface area contributed by atoms with E-state index >= 15 is 0 Å². The first-order chi connectivity index (χ1) is 7.16. The molecule has 0 fully saturated rings. The van der Waals surface area contributed by atoms with Crippen LogP contribution in [0.5, 0.6) is 0 Å². The predicted molar refractivity (Wildman–Crippen MR) is 57.2 cm³/mol. The Morgan fingerprint density at radius 3 is 2.60 bits per heavy atom. The third kappa shape index (κ3) is 2.13. The van der Waals surface area contributed by atoms with Crippen molar-refractivity contribution in [3.8, 4) is 11.3 Å². The van der Waals surface area contributed by atoms with E-state index in [1.165, 1.54) is 12.1 Å². The topological polar surface area (TPSA) is 25.8 Å². The number of benzene rings is 1. The van der Waals surface area contributed by atoms with E-state index in [0.29, 0.717) is 16.3 Å². The van der Waals surface area contributed by atoms with Gasteiger partial charge in [0.05, 0.1) is 22.6 Å². The van der Waals surface area contributed by atoms with Gasteiger partial charge in [-0.2, -0.15) is 0 Å². The molecule has 0 aliphatic carbocycles. The molecule has 2 nitrogen and oxygen atoms in total. The van der Waals surface area contributed by atoms with Crippen molar-refractivity contribution in [3.63, 3.8) is 0 Å². The van der Waals surface area contributed by atoms with E-state index in [0.717, 1.165) is 5.69 Å². The van der Waals surface area contributed by atoms with E-state index in [4.69, 9.17) is 11.6 Å². The van der Waals surface area contributed by atoms with Gasteiger partial charge in [0.1, 0.15) is 5.82 Å². The maximum Gasteiger partial charge on any atom is 0.124 e. The molecular formula is C11H8ClFN2. The van der Waals surface area contributed by atoms with Gasteiger partial charge in [0.15, 0.2) is 0 Å².